The summed E-state index contributed by atoms with van der Waals surface area (Å²) in [7, 11) is 0. The van der Waals surface area contributed by atoms with Gasteiger partial charge in [0.15, 0.2) is 0 Å². The van der Waals surface area contributed by atoms with Gasteiger partial charge in [-0.3, -0.25) is 9.69 Å². The molecule has 2 atom stereocenters. The average molecular weight is 358 g/mol. The molecule has 0 radical (unpaired) electrons. The van der Waals surface area contributed by atoms with Crippen molar-refractivity contribution in [3.63, 3.8) is 0 Å². The number of anilines is 1. The van der Waals surface area contributed by atoms with E-state index in [9.17, 15) is 4.79 Å². The number of halogens is 2. The Balaban J connectivity index is 0.00000192. The highest BCUT2D eigenvalue weighted by atomic mass is 35.5. The lowest BCUT2D eigenvalue weighted by molar-refractivity contribution is -0.117. The summed E-state index contributed by atoms with van der Waals surface area (Å²) in [5, 5.41) is 7.15. The molecule has 2 aliphatic heterocycles. The maximum absolute atomic E-state index is 12.3. The first-order chi connectivity index (χ1) is 10.5. The second-order valence-corrected chi connectivity index (χ2v) is 7.03. The molecule has 2 fully saturated rings. The minimum absolute atomic E-state index is 0. The van der Waals surface area contributed by atoms with Gasteiger partial charge in [-0.2, -0.15) is 0 Å². The van der Waals surface area contributed by atoms with Gasteiger partial charge in [-0.15, -0.1) is 12.4 Å². The number of rotatable bonds is 3. The Kier molecular flexibility index (Phi) is 6.32. The predicted molar refractivity (Wildman–Crippen MR) is 97.8 cm³/mol. The minimum atomic E-state index is 0. The number of nitrogens with zero attached hydrogens (tertiary/aromatic N) is 1. The molecule has 2 aliphatic rings. The Morgan fingerprint density at radius 2 is 2.17 bits per heavy atom. The largest absolute Gasteiger partial charge is 0.323 e. The monoisotopic (exact) mass is 357 g/mol. The Morgan fingerprint density at radius 3 is 2.91 bits per heavy atom. The first-order valence-electron chi connectivity index (χ1n) is 8.05. The predicted octanol–water partition coefficient (Wildman–Crippen LogP) is 3.00. The fraction of sp³-hybridized carbons (Fsp3) is 0.588. The Bertz CT molecular complexity index is 556. The van der Waals surface area contributed by atoms with Crippen LogP contribution in [0.5, 0.6) is 0 Å². The number of amides is 1. The van der Waals surface area contributed by atoms with Crippen LogP contribution in [0.2, 0.25) is 5.02 Å². The Labute approximate surface area is 149 Å². The molecule has 2 heterocycles. The molecule has 3 rings (SSSR count). The molecule has 23 heavy (non-hydrogen) atoms. The van der Waals surface area contributed by atoms with Crippen molar-refractivity contribution >= 4 is 35.6 Å². The summed E-state index contributed by atoms with van der Waals surface area (Å²) in [5.41, 5.74) is 2.86. The van der Waals surface area contributed by atoms with E-state index in [1.807, 2.05) is 26.0 Å². The molecule has 0 aromatic heterocycles. The summed E-state index contributed by atoms with van der Waals surface area (Å²) >= 11 is 6.26. The van der Waals surface area contributed by atoms with Gasteiger partial charge < -0.3 is 10.6 Å². The van der Waals surface area contributed by atoms with E-state index in [1.165, 1.54) is 6.42 Å². The van der Waals surface area contributed by atoms with E-state index in [4.69, 9.17) is 11.6 Å². The van der Waals surface area contributed by atoms with Crippen molar-refractivity contribution < 1.29 is 4.79 Å². The van der Waals surface area contributed by atoms with Gasteiger partial charge in [0.05, 0.1) is 17.3 Å². The van der Waals surface area contributed by atoms with Crippen molar-refractivity contribution in [1.82, 2.24) is 10.2 Å². The number of fused-ring (bicyclic) bond motifs is 1. The molecule has 1 amide bonds. The molecule has 0 spiro atoms. The van der Waals surface area contributed by atoms with Crippen LogP contribution in [0.15, 0.2) is 12.1 Å². The highest BCUT2D eigenvalue weighted by Crippen LogP contribution is 2.28. The van der Waals surface area contributed by atoms with Gasteiger partial charge in [0.1, 0.15) is 0 Å². The molecule has 2 saturated heterocycles. The molecule has 128 valence electrons. The topological polar surface area (TPSA) is 44.4 Å². The average Bonchev–Trinajstić information content (AvgIpc) is 2.90. The smallest absolute Gasteiger partial charge is 0.238 e. The summed E-state index contributed by atoms with van der Waals surface area (Å²) in [4.78, 5) is 14.6. The third-order valence-electron chi connectivity index (χ3n) is 4.80. The first-order valence-corrected chi connectivity index (χ1v) is 8.43. The van der Waals surface area contributed by atoms with Crippen molar-refractivity contribution in [1.29, 1.82) is 0 Å². The van der Waals surface area contributed by atoms with Gasteiger partial charge in [0, 0.05) is 19.1 Å². The number of piperidine rings is 1. The highest BCUT2D eigenvalue weighted by molar-refractivity contribution is 6.34. The van der Waals surface area contributed by atoms with Crippen LogP contribution < -0.4 is 10.6 Å². The van der Waals surface area contributed by atoms with Crippen LogP contribution in [0.1, 0.15) is 24.0 Å². The lowest BCUT2D eigenvalue weighted by Crippen LogP contribution is -2.46. The van der Waals surface area contributed by atoms with Gasteiger partial charge in [-0.25, -0.2) is 0 Å². The number of carbonyl (C=O) groups is 1. The number of nitrogens with one attached hydrogen (secondary N) is 2. The van der Waals surface area contributed by atoms with Gasteiger partial charge in [-0.05, 0) is 56.3 Å². The van der Waals surface area contributed by atoms with Gasteiger partial charge in [-0.1, -0.05) is 17.7 Å². The number of benzene rings is 1. The highest BCUT2D eigenvalue weighted by Gasteiger charge is 2.33. The summed E-state index contributed by atoms with van der Waals surface area (Å²) < 4.78 is 0. The molecule has 0 aliphatic carbocycles. The molecule has 0 bridgehead atoms. The third-order valence-corrected chi connectivity index (χ3v) is 5.10. The van der Waals surface area contributed by atoms with Crippen LogP contribution in [0.3, 0.4) is 0 Å². The van der Waals surface area contributed by atoms with Crippen LogP contribution in [-0.4, -0.2) is 43.0 Å². The van der Waals surface area contributed by atoms with E-state index >= 15 is 0 Å². The lowest BCUT2D eigenvalue weighted by atomic mass is 9.93. The molecule has 1 aromatic rings. The maximum atomic E-state index is 12.3. The molecule has 2 unspecified atom stereocenters. The molecule has 6 heteroatoms. The van der Waals surface area contributed by atoms with E-state index in [0.29, 0.717) is 23.5 Å². The lowest BCUT2D eigenvalue weighted by Gasteiger charge is -2.34. The molecule has 1 aromatic carbocycles. The van der Waals surface area contributed by atoms with Crippen LogP contribution in [0.25, 0.3) is 0 Å². The van der Waals surface area contributed by atoms with E-state index in [2.05, 4.69) is 15.5 Å². The number of hydrogen-bond acceptors (Lipinski definition) is 3. The van der Waals surface area contributed by atoms with Gasteiger partial charge in [0.25, 0.3) is 0 Å². The number of hydrogen-bond donors (Lipinski definition) is 2. The summed E-state index contributed by atoms with van der Waals surface area (Å²) in [6.07, 6.45) is 2.37. The van der Waals surface area contributed by atoms with Gasteiger partial charge >= 0.3 is 0 Å². The zero-order valence-electron chi connectivity index (χ0n) is 13.7. The van der Waals surface area contributed by atoms with Crippen molar-refractivity contribution in [3.05, 3.63) is 28.3 Å². The summed E-state index contributed by atoms with van der Waals surface area (Å²) in [5.74, 6) is 0.726. The second-order valence-electron chi connectivity index (χ2n) is 6.62. The molecule has 0 saturated carbocycles. The maximum Gasteiger partial charge on any atom is 0.238 e. The van der Waals surface area contributed by atoms with Crippen molar-refractivity contribution in [2.45, 2.75) is 32.7 Å². The van der Waals surface area contributed by atoms with E-state index in [-0.39, 0.29) is 18.3 Å². The number of aryl methyl sites for hydroxylation is 2. The van der Waals surface area contributed by atoms with Crippen LogP contribution in [0.4, 0.5) is 5.69 Å². The van der Waals surface area contributed by atoms with Crippen LogP contribution >= 0.6 is 24.0 Å². The van der Waals surface area contributed by atoms with Crippen molar-refractivity contribution in [3.8, 4) is 0 Å². The zero-order chi connectivity index (χ0) is 15.7. The SMILES string of the molecule is Cc1cc(C)c(NC(=O)CN2CCC3NCCC3C2)c(Cl)c1.Cl. The number of likely N-dealkylation sites (tertiary alicyclic amines) is 1. The third kappa shape index (κ3) is 4.38. The molecule has 2 N–H and O–H groups in total. The quantitative estimate of drug-likeness (QED) is 0.873. The second kappa shape index (κ2) is 7.84. The molecular formula is C17H25Cl2N3O. The summed E-state index contributed by atoms with van der Waals surface area (Å²) in [6, 6.07) is 4.59. The number of carbonyl (C=O) groups excluding carboxylic acids is 1. The fourth-order valence-corrected chi connectivity index (χ4v) is 4.09. The zero-order valence-corrected chi connectivity index (χ0v) is 15.3. The van der Waals surface area contributed by atoms with E-state index in [0.717, 1.165) is 42.9 Å². The molecule has 4 nitrogen and oxygen atoms in total. The van der Waals surface area contributed by atoms with E-state index < -0.39 is 0 Å². The Hall–Kier alpha value is -0.810. The first kappa shape index (κ1) is 18.5. The van der Waals surface area contributed by atoms with Gasteiger partial charge in [0.2, 0.25) is 5.91 Å². The minimum Gasteiger partial charge on any atom is -0.323 e. The summed E-state index contributed by atoms with van der Waals surface area (Å²) in [6.45, 7) is 7.56. The standard InChI is InChI=1S/C17H24ClN3O.ClH/c1-11-7-12(2)17(14(18)8-11)20-16(22)10-21-6-4-15-13(9-21)3-5-19-15;/h7-8,13,15,19H,3-6,9-10H2,1-2H3,(H,20,22);1H. The van der Waals surface area contributed by atoms with E-state index in [1.54, 1.807) is 0 Å². The normalized spacial score (nSPS) is 24.0. The van der Waals surface area contributed by atoms with Crippen molar-refractivity contribution in [2.24, 2.45) is 5.92 Å². The Morgan fingerprint density at radius 1 is 1.39 bits per heavy atom. The molecular weight excluding hydrogens is 333 g/mol. The van der Waals surface area contributed by atoms with Crippen LogP contribution in [0, 0.1) is 19.8 Å². The van der Waals surface area contributed by atoms with Crippen LogP contribution in [-0.2, 0) is 4.79 Å². The fourth-order valence-electron chi connectivity index (χ4n) is 3.72. The van der Waals surface area contributed by atoms with Crippen molar-refractivity contribution in [2.75, 3.05) is 31.5 Å².